The summed E-state index contributed by atoms with van der Waals surface area (Å²) < 4.78 is 12.0. The van der Waals surface area contributed by atoms with Gasteiger partial charge in [0, 0.05) is 12.5 Å². The van der Waals surface area contributed by atoms with E-state index in [1.54, 1.807) is 0 Å². The Morgan fingerprint density at radius 2 is 1.71 bits per heavy atom. The largest absolute Gasteiger partial charge is 0.425 e. The third-order valence-corrected chi connectivity index (χ3v) is 4.79. The molecule has 0 aromatic carbocycles. The van der Waals surface area contributed by atoms with Crippen molar-refractivity contribution in [3.63, 3.8) is 0 Å². The van der Waals surface area contributed by atoms with Crippen LogP contribution < -0.4 is 0 Å². The van der Waals surface area contributed by atoms with Gasteiger partial charge < -0.3 is 14.1 Å². The maximum atomic E-state index is 6.05. The number of piperidine rings is 1. The number of hydrogen-bond donors (Lipinski definition) is 0. The quantitative estimate of drug-likeness (QED) is 0.839. The Hall–Kier alpha value is -0.940. The number of aromatic nitrogens is 2. The maximum Gasteiger partial charge on any atom is 0.222 e. The van der Waals surface area contributed by atoms with Crippen molar-refractivity contribution in [2.24, 2.45) is 5.41 Å². The SMILES string of the molecule is CN1CCC(c2nnc([C@H]3CCO[C@@H]3C(C)(C)C)o2)CC1. The molecule has 0 spiro atoms. The highest BCUT2D eigenvalue weighted by molar-refractivity contribution is 5.04. The van der Waals surface area contributed by atoms with Gasteiger partial charge in [-0.25, -0.2) is 0 Å². The molecule has 0 saturated carbocycles. The molecular formula is C16H27N3O2. The first-order valence-corrected chi connectivity index (χ1v) is 8.08. The van der Waals surface area contributed by atoms with Crippen molar-refractivity contribution >= 4 is 0 Å². The van der Waals surface area contributed by atoms with Gasteiger partial charge in [-0.3, -0.25) is 0 Å². The van der Waals surface area contributed by atoms with E-state index in [0.29, 0.717) is 5.92 Å². The van der Waals surface area contributed by atoms with Crippen molar-refractivity contribution in [1.82, 2.24) is 15.1 Å². The smallest absolute Gasteiger partial charge is 0.222 e. The van der Waals surface area contributed by atoms with E-state index in [-0.39, 0.29) is 17.4 Å². The first-order valence-electron chi connectivity index (χ1n) is 8.08. The Kier molecular flexibility index (Phi) is 4.06. The van der Waals surface area contributed by atoms with E-state index < -0.39 is 0 Å². The predicted octanol–water partition coefficient (Wildman–Crippen LogP) is 2.80. The Bertz CT molecular complexity index is 472. The van der Waals surface area contributed by atoms with Gasteiger partial charge >= 0.3 is 0 Å². The monoisotopic (exact) mass is 293 g/mol. The second-order valence-electron chi connectivity index (χ2n) is 7.61. The molecule has 2 saturated heterocycles. The third-order valence-electron chi connectivity index (χ3n) is 4.79. The van der Waals surface area contributed by atoms with E-state index in [1.165, 1.54) is 0 Å². The molecule has 0 bridgehead atoms. The van der Waals surface area contributed by atoms with Crippen molar-refractivity contribution in [2.75, 3.05) is 26.7 Å². The van der Waals surface area contributed by atoms with Crippen LogP contribution in [0.1, 0.15) is 63.7 Å². The van der Waals surface area contributed by atoms with Crippen molar-refractivity contribution in [1.29, 1.82) is 0 Å². The minimum atomic E-state index is 0.101. The Balaban J connectivity index is 1.73. The molecule has 0 aliphatic carbocycles. The number of ether oxygens (including phenoxy) is 1. The molecule has 3 rings (SSSR count). The average molecular weight is 293 g/mol. The molecule has 1 aromatic heterocycles. The molecule has 0 radical (unpaired) electrons. The minimum Gasteiger partial charge on any atom is -0.425 e. The second kappa shape index (κ2) is 5.69. The zero-order valence-electron chi connectivity index (χ0n) is 13.6. The number of rotatable bonds is 2. The van der Waals surface area contributed by atoms with Gasteiger partial charge in [0.1, 0.15) is 0 Å². The van der Waals surface area contributed by atoms with Crippen LogP contribution in [0.5, 0.6) is 0 Å². The summed E-state index contributed by atoms with van der Waals surface area (Å²) in [5.74, 6) is 2.29. The van der Waals surface area contributed by atoms with Crippen molar-refractivity contribution < 1.29 is 9.15 Å². The number of nitrogens with zero attached hydrogens (tertiary/aromatic N) is 3. The molecular weight excluding hydrogens is 266 g/mol. The van der Waals surface area contributed by atoms with Gasteiger partial charge in [0.2, 0.25) is 11.8 Å². The molecule has 2 atom stereocenters. The van der Waals surface area contributed by atoms with Crippen LogP contribution in [0.3, 0.4) is 0 Å². The lowest BCUT2D eigenvalue weighted by atomic mass is 9.81. The highest BCUT2D eigenvalue weighted by atomic mass is 16.5. The summed E-state index contributed by atoms with van der Waals surface area (Å²) in [4.78, 5) is 2.36. The Morgan fingerprint density at radius 3 is 2.38 bits per heavy atom. The summed E-state index contributed by atoms with van der Waals surface area (Å²) in [6.07, 6.45) is 3.38. The summed E-state index contributed by atoms with van der Waals surface area (Å²) >= 11 is 0. The van der Waals surface area contributed by atoms with Gasteiger partial charge in [0.15, 0.2) is 0 Å². The third kappa shape index (κ3) is 3.14. The molecule has 2 aliphatic heterocycles. The summed E-state index contributed by atoms with van der Waals surface area (Å²) in [6, 6.07) is 0. The number of hydrogen-bond acceptors (Lipinski definition) is 5. The van der Waals surface area contributed by atoms with Crippen LogP contribution in [0.25, 0.3) is 0 Å². The Morgan fingerprint density at radius 1 is 1.05 bits per heavy atom. The van der Waals surface area contributed by atoms with Gasteiger partial charge in [-0.2, -0.15) is 0 Å². The maximum absolute atomic E-state index is 6.05. The topological polar surface area (TPSA) is 51.4 Å². The van der Waals surface area contributed by atoms with E-state index in [4.69, 9.17) is 9.15 Å². The molecule has 21 heavy (non-hydrogen) atoms. The van der Waals surface area contributed by atoms with E-state index in [2.05, 4.69) is 42.9 Å². The molecule has 0 unspecified atom stereocenters. The minimum absolute atomic E-state index is 0.101. The molecule has 5 nitrogen and oxygen atoms in total. The van der Waals surface area contributed by atoms with Crippen LogP contribution in [0.4, 0.5) is 0 Å². The standard InChI is InChI=1S/C16H27N3O2/c1-16(2,3)13-12(7-10-20-13)15-18-17-14(21-15)11-5-8-19(4)9-6-11/h11-13H,5-10H2,1-4H3/t12-,13-/m0/s1. The van der Waals surface area contributed by atoms with Crippen LogP contribution in [0.2, 0.25) is 0 Å². The van der Waals surface area contributed by atoms with Crippen LogP contribution in [-0.4, -0.2) is 47.9 Å². The average Bonchev–Trinajstić information content (AvgIpc) is 3.07. The molecule has 2 aliphatic rings. The lowest BCUT2D eigenvalue weighted by Crippen LogP contribution is -2.30. The van der Waals surface area contributed by atoms with Crippen molar-refractivity contribution in [2.45, 2.75) is 58.0 Å². The summed E-state index contributed by atoms with van der Waals surface area (Å²) in [5.41, 5.74) is 0.101. The van der Waals surface area contributed by atoms with E-state index in [0.717, 1.165) is 50.7 Å². The zero-order valence-corrected chi connectivity index (χ0v) is 13.6. The highest BCUT2D eigenvalue weighted by Gasteiger charge is 2.41. The van der Waals surface area contributed by atoms with Crippen LogP contribution in [0, 0.1) is 5.41 Å². The van der Waals surface area contributed by atoms with Crippen molar-refractivity contribution in [3.8, 4) is 0 Å². The molecule has 0 N–H and O–H groups in total. The van der Waals surface area contributed by atoms with Gasteiger partial charge in [-0.05, 0) is 44.8 Å². The zero-order chi connectivity index (χ0) is 15.0. The first kappa shape index (κ1) is 15.0. The van der Waals surface area contributed by atoms with Gasteiger partial charge in [0.25, 0.3) is 0 Å². The Labute approximate surface area is 127 Å². The van der Waals surface area contributed by atoms with E-state index in [9.17, 15) is 0 Å². The van der Waals surface area contributed by atoms with E-state index in [1.807, 2.05) is 0 Å². The van der Waals surface area contributed by atoms with Crippen LogP contribution in [0.15, 0.2) is 4.42 Å². The van der Waals surface area contributed by atoms with Gasteiger partial charge in [0.05, 0.1) is 12.0 Å². The molecule has 3 heterocycles. The lowest BCUT2D eigenvalue weighted by molar-refractivity contribution is 0.0169. The molecule has 5 heteroatoms. The fraction of sp³-hybridized carbons (Fsp3) is 0.875. The normalized spacial score (nSPS) is 29.1. The second-order valence-corrected chi connectivity index (χ2v) is 7.61. The van der Waals surface area contributed by atoms with Crippen LogP contribution >= 0.6 is 0 Å². The first-order chi connectivity index (χ1) is 9.95. The van der Waals surface area contributed by atoms with Crippen LogP contribution in [-0.2, 0) is 4.74 Å². The highest BCUT2D eigenvalue weighted by Crippen LogP contribution is 2.41. The molecule has 0 amide bonds. The summed E-state index contributed by atoms with van der Waals surface area (Å²) in [6.45, 7) is 9.65. The predicted molar refractivity (Wildman–Crippen MR) is 80.3 cm³/mol. The lowest BCUT2D eigenvalue weighted by Gasteiger charge is -2.29. The molecule has 2 fully saturated rings. The van der Waals surface area contributed by atoms with Gasteiger partial charge in [-0.15, -0.1) is 10.2 Å². The van der Waals surface area contributed by atoms with Crippen molar-refractivity contribution in [3.05, 3.63) is 11.8 Å². The summed E-state index contributed by atoms with van der Waals surface area (Å²) in [5, 5.41) is 8.68. The number of likely N-dealkylation sites (tertiary alicyclic amines) is 1. The molecule has 118 valence electrons. The van der Waals surface area contributed by atoms with Gasteiger partial charge in [-0.1, -0.05) is 20.8 Å². The summed E-state index contributed by atoms with van der Waals surface area (Å²) in [7, 11) is 2.17. The fourth-order valence-electron chi connectivity index (χ4n) is 3.51. The molecule has 1 aromatic rings. The van der Waals surface area contributed by atoms with E-state index >= 15 is 0 Å². The fourth-order valence-corrected chi connectivity index (χ4v) is 3.51.